The highest BCUT2D eigenvalue weighted by atomic mass is 32.2. The van der Waals surface area contributed by atoms with E-state index in [4.69, 9.17) is 0 Å². The van der Waals surface area contributed by atoms with Gasteiger partial charge >= 0.3 is 0 Å². The van der Waals surface area contributed by atoms with Crippen molar-refractivity contribution in [2.75, 3.05) is 11.1 Å². The predicted molar refractivity (Wildman–Crippen MR) is 95.1 cm³/mol. The third-order valence-corrected chi connectivity index (χ3v) is 6.02. The van der Waals surface area contributed by atoms with Gasteiger partial charge in [-0.2, -0.15) is 0 Å². The van der Waals surface area contributed by atoms with Gasteiger partial charge in [-0.05, 0) is 48.1 Å². The second-order valence-corrected chi connectivity index (χ2v) is 7.33. The Morgan fingerprint density at radius 3 is 3.00 bits per heavy atom. The smallest absolute Gasteiger partial charge is 0.138 e. The Morgan fingerprint density at radius 1 is 1.04 bits per heavy atom. The zero-order valence-corrected chi connectivity index (χ0v) is 13.6. The molecule has 4 heteroatoms. The van der Waals surface area contributed by atoms with Crippen molar-refractivity contribution in [1.82, 2.24) is 9.97 Å². The van der Waals surface area contributed by atoms with Crippen molar-refractivity contribution in [1.29, 1.82) is 0 Å². The van der Waals surface area contributed by atoms with Crippen molar-refractivity contribution < 1.29 is 0 Å². The largest absolute Gasteiger partial charge is 0.363 e. The second-order valence-electron chi connectivity index (χ2n) is 6.19. The Hall–Kier alpha value is -2.07. The third-order valence-electron chi connectivity index (χ3n) is 4.92. The van der Waals surface area contributed by atoms with Crippen molar-refractivity contribution in [2.24, 2.45) is 0 Å². The van der Waals surface area contributed by atoms with Gasteiger partial charge in [-0.25, -0.2) is 9.97 Å². The molecule has 2 aromatic carbocycles. The Kier molecular flexibility index (Phi) is 3.05. The molecule has 1 aliphatic heterocycles. The number of nitrogens with zero attached hydrogens (tertiary/aromatic N) is 2. The van der Waals surface area contributed by atoms with E-state index in [1.54, 1.807) is 6.33 Å². The van der Waals surface area contributed by atoms with Gasteiger partial charge in [0.2, 0.25) is 0 Å². The zero-order valence-electron chi connectivity index (χ0n) is 12.7. The van der Waals surface area contributed by atoms with Gasteiger partial charge in [0.25, 0.3) is 0 Å². The molecule has 1 atom stereocenters. The number of nitrogens with one attached hydrogen (secondary N) is 1. The summed E-state index contributed by atoms with van der Waals surface area (Å²) in [6, 6.07) is 13.4. The summed E-state index contributed by atoms with van der Waals surface area (Å²) in [6.07, 6.45) is 5.07. The fourth-order valence-corrected chi connectivity index (χ4v) is 4.90. The average molecular weight is 319 g/mol. The topological polar surface area (TPSA) is 37.8 Å². The Labute approximate surface area is 139 Å². The predicted octanol–water partition coefficient (Wildman–Crippen LogP) is 4.38. The van der Waals surface area contributed by atoms with E-state index in [2.05, 4.69) is 51.7 Å². The molecule has 0 spiro atoms. The van der Waals surface area contributed by atoms with E-state index in [0.29, 0.717) is 6.04 Å². The molecule has 23 heavy (non-hydrogen) atoms. The first kappa shape index (κ1) is 13.4. The minimum atomic E-state index is 0.356. The van der Waals surface area contributed by atoms with Gasteiger partial charge in [0.05, 0.1) is 11.6 Å². The number of aryl methyl sites for hydroxylation is 2. The van der Waals surface area contributed by atoms with Gasteiger partial charge in [-0.15, -0.1) is 11.8 Å². The minimum Gasteiger partial charge on any atom is -0.363 e. The summed E-state index contributed by atoms with van der Waals surface area (Å²) in [5.74, 6) is 2.16. The standard InChI is InChI=1S/C19H17N3S/c1-2-4-13-12(3-1)5-6-15(13)22-19-18-14-9-10-23-17(14)8-7-16(18)20-11-21-19/h1-4,7-8,11,15H,5-6,9-10H2,(H,20,21,22). The highest BCUT2D eigenvalue weighted by molar-refractivity contribution is 7.99. The average Bonchev–Trinajstić information content (AvgIpc) is 3.22. The minimum absolute atomic E-state index is 0.356. The summed E-state index contributed by atoms with van der Waals surface area (Å²) in [5.41, 5.74) is 5.35. The molecule has 1 unspecified atom stereocenters. The molecule has 2 heterocycles. The molecule has 114 valence electrons. The number of rotatable bonds is 2. The van der Waals surface area contributed by atoms with Crippen molar-refractivity contribution in [2.45, 2.75) is 30.2 Å². The van der Waals surface area contributed by atoms with Crippen LogP contribution in [0.5, 0.6) is 0 Å². The fraction of sp³-hybridized carbons (Fsp3) is 0.263. The Balaban J connectivity index is 1.61. The monoisotopic (exact) mass is 319 g/mol. The molecule has 0 saturated heterocycles. The second kappa shape index (κ2) is 5.24. The van der Waals surface area contributed by atoms with Crippen LogP contribution in [0.1, 0.15) is 29.2 Å². The quantitative estimate of drug-likeness (QED) is 0.761. The van der Waals surface area contributed by atoms with Crippen molar-refractivity contribution >= 4 is 28.5 Å². The van der Waals surface area contributed by atoms with Gasteiger partial charge in [-0.1, -0.05) is 24.3 Å². The number of anilines is 1. The van der Waals surface area contributed by atoms with Gasteiger partial charge in [-0.3, -0.25) is 0 Å². The maximum Gasteiger partial charge on any atom is 0.138 e. The lowest BCUT2D eigenvalue weighted by molar-refractivity contribution is 0.758. The number of thioether (sulfide) groups is 1. The molecule has 5 rings (SSSR count). The molecule has 0 radical (unpaired) electrons. The van der Waals surface area contributed by atoms with E-state index in [9.17, 15) is 0 Å². The first-order chi connectivity index (χ1) is 11.4. The maximum absolute atomic E-state index is 4.59. The van der Waals surface area contributed by atoms with Crippen LogP contribution in [-0.4, -0.2) is 15.7 Å². The van der Waals surface area contributed by atoms with E-state index in [-0.39, 0.29) is 0 Å². The molecular weight excluding hydrogens is 302 g/mol. The number of aromatic nitrogens is 2. The molecule has 0 fully saturated rings. The first-order valence-electron chi connectivity index (χ1n) is 8.14. The van der Waals surface area contributed by atoms with Crippen molar-refractivity contribution in [3.8, 4) is 0 Å². The maximum atomic E-state index is 4.59. The summed E-state index contributed by atoms with van der Waals surface area (Å²) in [4.78, 5) is 10.5. The van der Waals surface area contributed by atoms with Crippen LogP contribution in [-0.2, 0) is 12.8 Å². The van der Waals surface area contributed by atoms with Crippen LogP contribution >= 0.6 is 11.8 Å². The molecule has 3 aromatic rings. The molecule has 0 amide bonds. The van der Waals surface area contributed by atoms with Gasteiger partial charge < -0.3 is 5.32 Å². The number of fused-ring (bicyclic) bond motifs is 4. The fourth-order valence-electron chi connectivity index (χ4n) is 3.83. The highest BCUT2D eigenvalue weighted by Crippen LogP contribution is 2.40. The van der Waals surface area contributed by atoms with Crippen LogP contribution in [0.15, 0.2) is 47.6 Å². The van der Waals surface area contributed by atoms with Gasteiger partial charge in [0, 0.05) is 16.0 Å². The number of hydrogen-bond donors (Lipinski definition) is 1. The van der Waals surface area contributed by atoms with E-state index in [0.717, 1.165) is 36.3 Å². The van der Waals surface area contributed by atoms with Crippen LogP contribution in [0.25, 0.3) is 10.9 Å². The summed E-state index contributed by atoms with van der Waals surface area (Å²) in [7, 11) is 0. The summed E-state index contributed by atoms with van der Waals surface area (Å²) in [5, 5.41) is 4.93. The zero-order chi connectivity index (χ0) is 15.2. The normalized spacial score (nSPS) is 18.9. The van der Waals surface area contributed by atoms with Crippen LogP contribution in [0, 0.1) is 0 Å². The molecule has 0 saturated carbocycles. The lowest BCUT2D eigenvalue weighted by Crippen LogP contribution is -2.09. The van der Waals surface area contributed by atoms with Crippen molar-refractivity contribution in [3.05, 3.63) is 59.4 Å². The molecule has 1 aliphatic carbocycles. The highest BCUT2D eigenvalue weighted by Gasteiger charge is 2.24. The Morgan fingerprint density at radius 2 is 2.00 bits per heavy atom. The molecule has 1 aromatic heterocycles. The summed E-state index contributed by atoms with van der Waals surface area (Å²) < 4.78 is 0. The number of benzene rings is 2. The molecular formula is C19H17N3S. The van der Waals surface area contributed by atoms with Crippen LogP contribution in [0.4, 0.5) is 5.82 Å². The molecule has 0 bridgehead atoms. The van der Waals surface area contributed by atoms with E-state index < -0.39 is 0 Å². The molecule has 1 N–H and O–H groups in total. The van der Waals surface area contributed by atoms with E-state index in [1.807, 2.05) is 11.8 Å². The lowest BCUT2D eigenvalue weighted by atomic mass is 10.1. The van der Waals surface area contributed by atoms with Crippen molar-refractivity contribution in [3.63, 3.8) is 0 Å². The SMILES string of the molecule is c1ccc2c(c1)CCC2Nc1ncnc2ccc3c(c12)CCS3. The van der Waals surface area contributed by atoms with Crippen LogP contribution in [0.2, 0.25) is 0 Å². The van der Waals surface area contributed by atoms with Gasteiger partial charge in [0.1, 0.15) is 12.1 Å². The van der Waals surface area contributed by atoms with Crippen LogP contribution in [0.3, 0.4) is 0 Å². The van der Waals surface area contributed by atoms with Crippen LogP contribution < -0.4 is 5.32 Å². The van der Waals surface area contributed by atoms with Gasteiger partial charge in [0.15, 0.2) is 0 Å². The van der Waals surface area contributed by atoms with E-state index in [1.165, 1.54) is 27.0 Å². The first-order valence-corrected chi connectivity index (χ1v) is 9.12. The summed E-state index contributed by atoms with van der Waals surface area (Å²) in [6.45, 7) is 0. The van der Waals surface area contributed by atoms with E-state index >= 15 is 0 Å². The molecule has 2 aliphatic rings. The third kappa shape index (κ3) is 2.12. The summed E-state index contributed by atoms with van der Waals surface area (Å²) >= 11 is 1.94. The molecule has 3 nitrogen and oxygen atoms in total. The Bertz CT molecular complexity index is 906. The lowest BCUT2D eigenvalue weighted by Gasteiger charge is -2.17. The number of hydrogen-bond acceptors (Lipinski definition) is 4.